The average Bonchev–Trinajstić information content (AvgIpc) is 2.77. The van der Waals surface area contributed by atoms with E-state index >= 15 is 0 Å². The van der Waals surface area contributed by atoms with Crippen molar-refractivity contribution in [3.8, 4) is 11.5 Å². The van der Waals surface area contributed by atoms with Gasteiger partial charge in [-0.2, -0.15) is 0 Å². The topological polar surface area (TPSA) is 105 Å². The van der Waals surface area contributed by atoms with Crippen LogP contribution in [0.3, 0.4) is 0 Å². The fraction of sp³-hybridized carbons (Fsp3) is 0.500. The minimum absolute atomic E-state index is 0.129. The first kappa shape index (κ1) is 12.7. The maximum atomic E-state index is 11.8. The molecule has 0 aromatic heterocycles. The monoisotopic (exact) mass is 284 g/mol. The van der Waals surface area contributed by atoms with Gasteiger partial charge in [0.05, 0.1) is 10.8 Å². The Bertz CT molecular complexity index is 631. The molecule has 0 spiro atoms. The lowest BCUT2D eigenvalue weighted by atomic mass is 10.1. The van der Waals surface area contributed by atoms with Crippen LogP contribution in [-0.2, 0) is 9.84 Å². The van der Waals surface area contributed by atoms with Gasteiger partial charge in [0.25, 0.3) is 0 Å². The molecule has 3 atom stereocenters. The standard InChI is InChI=1S/C12H16N2O4S/c1-19(15,16)11-10(12(11,14)5-13)7-2-3-8-9(4-7)18-6-17-8/h2-4,10-11H,5-6,13-14H2,1H3/t10-,11-,12+/m1/s1. The van der Waals surface area contributed by atoms with Gasteiger partial charge in [0.2, 0.25) is 6.79 Å². The normalized spacial score (nSPS) is 32.4. The molecular formula is C12H16N2O4S. The number of nitrogens with two attached hydrogens (primary N) is 2. The number of hydrogen-bond donors (Lipinski definition) is 2. The van der Waals surface area contributed by atoms with Crippen LogP contribution in [0.25, 0.3) is 0 Å². The molecule has 1 aliphatic heterocycles. The Morgan fingerprint density at radius 2 is 2.05 bits per heavy atom. The number of hydrogen-bond acceptors (Lipinski definition) is 6. The second-order valence-corrected chi connectivity index (χ2v) is 7.32. The highest BCUT2D eigenvalue weighted by Gasteiger charge is 2.67. The Morgan fingerprint density at radius 1 is 1.37 bits per heavy atom. The van der Waals surface area contributed by atoms with E-state index in [1.165, 1.54) is 6.26 Å². The van der Waals surface area contributed by atoms with Gasteiger partial charge >= 0.3 is 0 Å². The summed E-state index contributed by atoms with van der Waals surface area (Å²) in [7, 11) is -3.24. The zero-order valence-corrected chi connectivity index (χ0v) is 11.3. The molecule has 1 saturated carbocycles. The largest absolute Gasteiger partial charge is 0.454 e. The van der Waals surface area contributed by atoms with Gasteiger partial charge in [-0.1, -0.05) is 6.07 Å². The molecule has 0 amide bonds. The van der Waals surface area contributed by atoms with E-state index in [-0.39, 0.29) is 19.3 Å². The highest BCUT2D eigenvalue weighted by molar-refractivity contribution is 7.91. The molecule has 0 radical (unpaired) electrons. The predicted octanol–water partition coefficient (Wildman–Crippen LogP) is -0.418. The highest BCUT2D eigenvalue weighted by Crippen LogP contribution is 2.54. The summed E-state index contributed by atoms with van der Waals surface area (Å²) in [6.45, 7) is 0.313. The fourth-order valence-corrected chi connectivity index (χ4v) is 4.77. The van der Waals surface area contributed by atoms with E-state index in [0.717, 1.165) is 5.56 Å². The van der Waals surface area contributed by atoms with Crippen LogP contribution in [0.5, 0.6) is 11.5 Å². The Labute approximate surface area is 111 Å². The Morgan fingerprint density at radius 3 is 2.63 bits per heavy atom. The lowest BCUT2D eigenvalue weighted by molar-refractivity contribution is 0.174. The smallest absolute Gasteiger partial charge is 0.231 e. The molecule has 7 heteroatoms. The van der Waals surface area contributed by atoms with Crippen molar-refractivity contribution in [2.45, 2.75) is 16.7 Å². The van der Waals surface area contributed by atoms with Crippen LogP contribution in [0.1, 0.15) is 11.5 Å². The van der Waals surface area contributed by atoms with Crippen molar-refractivity contribution in [2.24, 2.45) is 11.5 Å². The number of benzene rings is 1. The third-order valence-corrected chi connectivity index (χ3v) is 5.51. The summed E-state index contributed by atoms with van der Waals surface area (Å²) in [6, 6.07) is 5.38. The van der Waals surface area contributed by atoms with Crippen molar-refractivity contribution in [2.75, 3.05) is 19.6 Å². The van der Waals surface area contributed by atoms with E-state index in [1.54, 1.807) is 12.1 Å². The molecule has 6 nitrogen and oxygen atoms in total. The molecule has 2 aliphatic rings. The minimum Gasteiger partial charge on any atom is -0.454 e. The van der Waals surface area contributed by atoms with Crippen LogP contribution in [0, 0.1) is 0 Å². The fourth-order valence-electron chi connectivity index (χ4n) is 2.90. The van der Waals surface area contributed by atoms with Crippen LogP contribution in [0.4, 0.5) is 0 Å². The van der Waals surface area contributed by atoms with Crippen molar-refractivity contribution < 1.29 is 17.9 Å². The molecular weight excluding hydrogens is 268 g/mol. The molecule has 1 aliphatic carbocycles. The molecule has 1 fully saturated rings. The minimum atomic E-state index is -3.24. The summed E-state index contributed by atoms with van der Waals surface area (Å²) >= 11 is 0. The summed E-state index contributed by atoms with van der Waals surface area (Å²) in [5.41, 5.74) is 11.7. The van der Waals surface area contributed by atoms with Gasteiger partial charge in [-0.05, 0) is 17.7 Å². The van der Waals surface area contributed by atoms with Crippen molar-refractivity contribution in [1.29, 1.82) is 0 Å². The first-order valence-electron chi connectivity index (χ1n) is 5.95. The van der Waals surface area contributed by atoms with Crippen molar-refractivity contribution in [1.82, 2.24) is 0 Å². The van der Waals surface area contributed by atoms with Gasteiger partial charge in [0, 0.05) is 18.7 Å². The van der Waals surface area contributed by atoms with Crippen LogP contribution in [0.2, 0.25) is 0 Å². The number of rotatable bonds is 3. The first-order valence-corrected chi connectivity index (χ1v) is 7.91. The molecule has 0 saturated heterocycles. The zero-order valence-electron chi connectivity index (χ0n) is 10.5. The number of ether oxygens (including phenoxy) is 2. The van der Waals surface area contributed by atoms with Crippen molar-refractivity contribution in [3.63, 3.8) is 0 Å². The van der Waals surface area contributed by atoms with Crippen LogP contribution in [0.15, 0.2) is 18.2 Å². The molecule has 104 valence electrons. The van der Waals surface area contributed by atoms with Crippen molar-refractivity contribution >= 4 is 9.84 Å². The quantitative estimate of drug-likeness (QED) is 0.781. The molecule has 19 heavy (non-hydrogen) atoms. The summed E-state index contributed by atoms with van der Waals surface area (Å²) < 4.78 is 34.1. The molecule has 1 aromatic rings. The molecule has 4 N–H and O–H groups in total. The number of sulfone groups is 1. The van der Waals surface area contributed by atoms with Gasteiger partial charge < -0.3 is 20.9 Å². The van der Waals surface area contributed by atoms with Gasteiger partial charge in [-0.25, -0.2) is 8.42 Å². The molecule has 0 unspecified atom stereocenters. The Balaban J connectivity index is 1.99. The molecule has 1 heterocycles. The summed E-state index contributed by atoms with van der Waals surface area (Å²) in [4.78, 5) is 0. The van der Waals surface area contributed by atoms with Crippen LogP contribution in [-0.4, -0.2) is 38.8 Å². The van der Waals surface area contributed by atoms with E-state index in [1.807, 2.05) is 6.07 Å². The Kier molecular flexibility index (Phi) is 2.57. The second kappa shape index (κ2) is 3.84. The van der Waals surface area contributed by atoms with Gasteiger partial charge in [0.1, 0.15) is 0 Å². The van der Waals surface area contributed by atoms with E-state index in [0.29, 0.717) is 11.5 Å². The van der Waals surface area contributed by atoms with Gasteiger partial charge in [-0.15, -0.1) is 0 Å². The Hall–Kier alpha value is -1.31. The second-order valence-electron chi connectivity index (χ2n) is 5.16. The number of fused-ring (bicyclic) bond motifs is 1. The highest BCUT2D eigenvalue weighted by atomic mass is 32.2. The van der Waals surface area contributed by atoms with E-state index in [4.69, 9.17) is 20.9 Å². The molecule has 1 aromatic carbocycles. The predicted molar refractivity (Wildman–Crippen MR) is 69.9 cm³/mol. The average molecular weight is 284 g/mol. The third-order valence-electron chi connectivity index (χ3n) is 3.87. The van der Waals surface area contributed by atoms with Crippen LogP contribution >= 0.6 is 0 Å². The van der Waals surface area contributed by atoms with Gasteiger partial charge in [0.15, 0.2) is 21.3 Å². The maximum Gasteiger partial charge on any atom is 0.231 e. The summed E-state index contributed by atoms with van der Waals surface area (Å²) in [5, 5.41) is -0.634. The van der Waals surface area contributed by atoms with Gasteiger partial charge in [-0.3, -0.25) is 0 Å². The van der Waals surface area contributed by atoms with E-state index in [2.05, 4.69) is 0 Å². The lowest BCUT2D eigenvalue weighted by Gasteiger charge is -2.08. The summed E-state index contributed by atoms with van der Waals surface area (Å²) in [6.07, 6.45) is 1.20. The van der Waals surface area contributed by atoms with Crippen LogP contribution < -0.4 is 20.9 Å². The summed E-state index contributed by atoms with van der Waals surface area (Å²) in [5.74, 6) is 0.994. The maximum absolute atomic E-state index is 11.8. The third kappa shape index (κ3) is 1.80. The van der Waals surface area contributed by atoms with Crippen molar-refractivity contribution in [3.05, 3.63) is 23.8 Å². The lowest BCUT2D eigenvalue weighted by Crippen LogP contribution is -2.38. The first-order chi connectivity index (χ1) is 8.88. The molecule has 0 bridgehead atoms. The zero-order chi connectivity index (χ0) is 13.8. The SMILES string of the molecule is CS(=O)(=O)[C@@H]1[C@@H](c2ccc3c(c2)OCO3)[C@@]1(N)CN. The molecule has 3 rings (SSSR count). The van der Waals surface area contributed by atoms with E-state index in [9.17, 15) is 8.42 Å². The van der Waals surface area contributed by atoms with E-state index < -0.39 is 20.6 Å².